The number of benzene rings is 1. The molecule has 1 aromatic rings. The van der Waals surface area contributed by atoms with Crippen LogP contribution in [0.5, 0.6) is 17.2 Å². The minimum Gasteiger partial charge on any atom is -0.504 e. The standard InChI is InChI=1S/C11H15NO5/c1-2-12(3-4-13)11(17)7-5-8(14)10(16)9(15)6-7/h5-6,13-16H,2-4H2,1H3. The topological polar surface area (TPSA) is 101 Å². The summed E-state index contributed by atoms with van der Waals surface area (Å²) in [5.41, 5.74) is 0.0492. The first kappa shape index (κ1) is 13.1. The predicted molar refractivity (Wildman–Crippen MR) is 60.1 cm³/mol. The molecule has 0 saturated carbocycles. The molecule has 1 aromatic carbocycles. The highest BCUT2D eigenvalue weighted by Gasteiger charge is 2.17. The summed E-state index contributed by atoms with van der Waals surface area (Å²) >= 11 is 0. The lowest BCUT2D eigenvalue weighted by Gasteiger charge is -2.19. The van der Waals surface area contributed by atoms with Gasteiger partial charge in [0.2, 0.25) is 0 Å². The molecule has 0 bridgehead atoms. The fourth-order valence-electron chi connectivity index (χ4n) is 1.43. The number of likely N-dealkylation sites (N-methyl/N-ethyl adjacent to an activating group) is 1. The zero-order valence-electron chi connectivity index (χ0n) is 9.42. The summed E-state index contributed by atoms with van der Waals surface area (Å²) in [5, 5.41) is 36.5. The Kier molecular flexibility index (Phi) is 4.17. The zero-order chi connectivity index (χ0) is 13.0. The van der Waals surface area contributed by atoms with Gasteiger partial charge in [0, 0.05) is 18.7 Å². The van der Waals surface area contributed by atoms with Gasteiger partial charge in [-0.1, -0.05) is 0 Å². The van der Waals surface area contributed by atoms with Gasteiger partial charge in [0.25, 0.3) is 5.91 Å². The van der Waals surface area contributed by atoms with Crippen LogP contribution in [0.15, 0.2) is 12.1 Å². The molecule has 0 aliphatic heterocycles. The number of hydrogen-bond donors (Lipinski definition) is 4. The van der Waals surface area contributed by atoms with Crippen LogP contribution in [0.3, 0.4) is 0 Å². The van der Waals surface area contributed by atoms with Crippen LogP contribution in [0, 0.1) is 0 Å². The van der Waals surface area contributed by atoms with Gasteiger partial charge in [-0.15, -0.1) is 0 Å². The van der Waals surface area contributed by atoms with Crippen molar-refractivity contribution in [2.24, 2.45) is 0 Å². The van der Waals surface area contributed by atoms with Crippen LogP contribution in [0.25, 0.3) is 0 Å². The van der Waals surface area contributed by atoms with Crippen molar-refractivity contribution in [1.29, 1.82) is 0 Å². The van der Waals surface area contributed by atoms with Gasteiger partial charge in [-0.05, 0) is 19.1 Å². The van der Waals surface area contributed by atoms with Crippen molar-refractivity contribution in [2.45, 2.75) is 6.92 Å². The van der Waals surface area contributed by atoms with E-state index in [-0.39, 0.29) is 18.7 Å². The summed E-state index contributed by atoms with van der Waals surface area (Å²) in [6, 6.07) is 2.13. The number of aromatic hydroxyl groups is 3. The van der Waals surface area contributed by atoms with Gasteiger partial charge in [0.1, 0.15) is 0 Å². The second-order valence-corrected chi connectivity index (χ2v) is 3.47. The maximum Gasteiger partial charge on any atom is 0.254 e. The maximum atomic E-state index is 11.9. The molecule has 0 unspecified atom stereocenters. The first-order valence-corrected chi connectivity index (χ1v) is 5.16. The molecule has 0 radical (unpaired) electrons. The third-order valence-corrected chi connectivity index (χ3v) is 2.36. The zero-order valence-corrected chi connectivity index (χ0v) is 9.42. The van der Waals surface area contributed by atoms with E-state index >= 15 is 0 Å². The molecule has 6 nitrogen and oxygen atoms in total. The third-order valence-electron chi connectivity index (χ3n) is 2.36. The van der Waals surface area contributed by atoms with Crippen LogP contribution in [-0.2, 0) is 0 Å². The van der Waals surface area contributed by atoms with Crippen LogP contribution < -0.4 is 0 Å². The molecule has 1 rings (SSSR count). The van der Waals surface area contributed by atoms with E-state index in [1.54, 1.807) is 6.92 Å². The molecule has 0 atom stereocenters. The van der Waals surface area contributed by atoms with E-state index < -0.39 is 23.2 Å². The first-order chi connectivity index (χ1) is 8.01. The van der Waals surface area contributed by atoms with E-state index in [0.29, 0.717) is 6.54 Å². The fraction of sp³-hybridized carbons (Fsp3) is 0.364. The minimum absolute atomic E-state index is 0.0492. The molecule has 0 heterocycles. The second-order valence-electron chi connectivity index (χ2n) is 3.47. The van der Waals surface area contributed by atoms with E-state index in [0.717, 1.165) is 12.1 Å². The molecule has 94 valence electrons. The average molecular weight is 241 g/mol. The van der Waals surface area contributed by atoms with Gasteiger partial charge >= 0.3 is 0 Å². The molecule has 17 heavy (non-hydrogen) atoms. The van der Waals surface area contributed by atoms with Gasteiger partial charge in [-0.2, -0.15) is 0 Å². The lowest BCUT2D eigenvalue weighted by Crippen LogP contribution is -2.33. The Labute approximate surface area is 98.4 Å². The molecule has 0 spiro atoms. The molecule has 0 aliphatic rings. The van der Waals surface area contributed by atoms with E-state index in [2.05, 4.69) is 0 Å². The molecule has 6 heteroatoms. The van der Waals surface area contributed by atoms with Crippen molar-refractivity contribution < 1.29 is 25.2 Å². The molecule has 0 fully saturated rings. The fourth-order valence-corrected chi connectivity index (χ4v) is 1.43. The number of amides is 1. The smallest absolute Gasteiger partial charge is 0.254 e. The number of phenols is 3. The lowest BCUT2D eigenvalue weighted by molar-refractivity contribution is 0.0731. The monoisotopic (exact) mass is 241 g/mol. The Balaban J connectivity index is 3.03. The molecular formula is C11H15NO5. The van der Waals surface area contributed by atoms with Crippen LogP contribution in [0.4, 0.5) is 0 Å². The second kappa shape index (κ2) is 5.40. The largest absolute Gasteiger partial charge is 0.504 e. The lowest BCUT2D eigenvalue weighted by atomic mass is 10.1. The third kappa shape index (κ3) is 2.79. The number of hydrogen-bond acceptors (Lipinski definition) is 5. The summed E-state index contributed by atoms with van der Waals surface area (Å²) in [6.07, 6.45) is 0. The molecule has 0 aliphatic carbocycles. The molecule has 0 saturated heterocycles. The Morgan fingerprint density at radius 2 is 1.76 bits per heavy atom. The Bertz CT molecular complexity index is 395. The number of carbonyl (C=O) groups excluding carboxylic acids is 1. The molecule has 1 amide bonds. The van der Waals surface area contributed by atoms with Crippen LogP contribution in [0.2, 0.25) is 0 Å². The number of carbonyl (C=O) groups is 1. The van der Waals surface area contributed by atoms with E-state index in [4.69, 9.17) is 10.2 Å². The van der Waals surface area contributed by atoms with E-state index in [1.165, 1.54) is 4.90 Å². The van der Waals surface area contributed by atoms with E-state index in [1.807, 2.05) is 0 Å². The predicted octanol–water partition coefficient (Wildman–Crippen LogP) is 0.258. The van der Waals surface area contributed by atoms with Crippen molar-refractivity contribution in [3.8, 4) is 17.2 Å². The van der Waals surface area contributed by atoms with Gasteiger partial charge in [-0.3, -0.25) is 4.79 Å². The summed E-state index contributed by atoms with van der Waals surface area (Å²) in [4.78, 5) is 13.2. The SMILES string of the molecule is CCN(CCO)C(=O)c1cc(O)c(O)c(O)c1. The Morgan fingerprint density at radius 3 is 2.18 bits per heavy atom. The van der Waals surface area contributed by atoms with Gasteiger partial charge in [0.15, 0.2) is 17.2 Å². The summed E-state index contributed by atoms with van der Waals surface area (Å²) in [6.45, 7) is 2.13. The highest BCUT2D eigenvalue weighted by molar-refractivity contribution is 5.95. The number of aliphatic hydroxyl groups is 1. The van der Waals surface area contributed by atoms with Crippen molar-refractivity contribution in [2.75, 3.05) is 19.7 Å². The van der Waals surface area contributed by atoms with Crippen LogP contribution in [0.1, 0.15) is 17.3 Å². The number of phenolic OH excluding ortho intramolecular Hbond substituents is 3. The Morgan fingerprint density at radius 1 is 1.24 bits per heavy atom. The summed E-state index contributed by atoms with van der Waals surface area (Å²) in [5.74, 6) is -2.22. The van der Waals surface area contributed by atoms with Crippen molar-refractivity contribution in [1.82, 2.24) is 4.90 Å². The number of rotatable bonds is 4. The number of aliphatic hydroxyl groups excluding tert-OH is 1. The van der Waals surface area contributed by atoms with Crippen molar-refractivity contribution in [3.63, 3.8) is 0 Å². The normalized spacial score (nSPS) is 10.2. The summed E-state index contributed by atoms with van der Waals surface area (Å²) < 4.78 is 0. The van der Waals surface area contributed by atoms with Gasteiger partial charge in [0.05, 0.1) is 6.61 Å². The highest BCUT2D eigenvalue weighted by Crippen LogP contribution is 2.35. The highest BCUT2D eigenvalue weighted by atomic mass is 16.3. The summed E-state index contributed by atoms with van der Waals surface area (Å²) in [7, 11) is 0. The van der Waals surface area contributed by atoms with Gasteiger partial charge in [-0.25, -0.2) is 0 Å². The molecule has 4 N–H and O–H groups in total. The van der Waals surface area contributed by atoms with E-state index in [9.17, 15) is 15.0 Å². The Hall–Kier alpha value is -1.95. The first-order valence-electron chi connectivity index (χ1n) is 5.16. The molecule has 0 aromatic heterocycles. The van der Waals surface area contributed by atoms with Crippen LogP contribution >= 0.6 is 0 Å². The van der Waals surface area contributed by atoms with Crippen LogP contribution in [-0.4, -0.2) is 50.9 Å². The minimum atomic E-state index is -0.660. The number of nitrogens with zero attached hydrogens (tertiary/aromatic N) is 1. The quantitative estimate of drug-likeness (QED) is 0.566. The van der Waals surface area contributed by atoms with Crippen molar-refractivity contribution in [3.05, 3.63) is 17.7 Å². The average Bonchev–Trinajstić information content (AvgIpc) is 2.31. The molecular weight excluding hydrogens is 226 g/mol. The maximum absolute atomic E-state index is 11.9. The van der Waals surface area contributed by atoms with Gasteiger partial charge < -0.3 is 25.3 Å². The van der Waals surface area contributed by atoms with Crippen molar-refractivity contribution >= 4 is 5.91 Å².